The number of esters is 1. The summed E-state index contributed by atoms with van der Waals surface area (Å²) >= 11 is 1.10. The second kappa shape index (κ2) is 7.64. The van der Waals surface area contributed by atoms with E-state index in [4.69, 9.17) is 4.74 Å². The molecule has 0 aromatic heterocycles. The van der Waals surface area contributed by atoms with Crippen LogP contribution in [0.15, 0.2) is 65.6 Å². The number of ether oxygens (including phenoxy) is 1. The molecule has 2 rings (SSSR count). The summed E-state index contributed by atoms with van der Waals surface area (Å²) in [6, 6.07) is 18.9. The van der Waals surface area contributed by atoms with Crippen molar-refractivity contribution in [1.82, 2.24) is 0 Å². The Balaban J connectivity index is 2.08. The van der Waals surface area contributed by atoms with Crippen molar-refractivity contribution in [2.45, 2.75) is 24.3 Å². The third-order valence-electron chi connectivity index (χ3n) is 2.80. The van der Waals surface area contributed by atoms with Gasteiger partial charge in [-0.25, -0.2) is 0 Å². The standard InChI is InChI=1S/C17H16O3S/c1-13(18)20-16(12-14-8-4-2-5-9-14)17(19)21-15-10-6-3-7-11-15/h2-11,16H,12H2,1H3. The predicted octanol–water partition coefficient (Wildman–Crippen LogP) is 3.48. The normalized spacial score (nSPS) is 11.7. The van der Waals surface area contributed by atoms with Crippen LogP contribution < -0.4 is 0 Å². The molecule has 0 saturated heterocycles. The third kappa shape index (κ3) is 5.08. The second-order valence-corrected chi connectivity index (χ2v) is 5.60. The van der Waals surface area contributed by atoms with Gasteiger partial charge in [0, 0.05) is 18.2 Å². The largest absolute Gasteiger partial charge is 0.453 e. The minimum absolute atomic E-state index is 0.166. The van der Waals surface area contributed by atoms with Crippen LogP contribution in [0.3, 0.4) is 0 Å². The highest BCUT2D eigenvalue weighted by molar-refractivity contribution is 8.13. The van der Waals surface area contributed by atoms with Gasteiger partial charge in [0.05, 0.1) is 0 Å². The first-order chi connectivity index (χ1) is 10.1. The maximum absolute atomic E-state index is 12.3. The summed E-state index contributed by atoms with van der Waals surface area (Å²) < 4.78 is 5.18. The van der Waals surface area contributed by atoms with Crippen LogP contribution in [0.2, 0.25) is 0 Å². The van der Waals surface area contributed by atoms with Gasteiger partial charge in [0.1, 0.15) is 0 Å². The molecule has 0 radical (unpaired) electrons. The molecule has 0 aliphatic carbocycles. The van der Waals surface area contributed by atoms with E-state index in [-0.39, 0.29) is 5.12 Å². The number of thioether (sulfide) groups is 1. The van der Waals surface area contributed by atoms with E-state index in [0.29, 0.717) is 6.42 Å². The Morgan fingerprint density at radius 1 is 1.00 bits per heavy atom. The summed E-state index contributed by atoms with van der Waals surface area (Å²) in [5.74, 6) is -0.446. The van der Waals surface area contributed by atoms with Gasteiger partial charge >= 0.3 is 5.97 Å². The fourth-order valence-electron chi connectivity index (χ4n) is 1.87. The number of carbonyl (C=O) groups excluding carboxylic acids is 2. The van der Waals surface area contributed by atoms with Crippen LogP contribution >= 0.6 is 11.8 Å². The van der Waals surface area contributed by atoms with Crippen LogP contribution in [0.5, 0.6) is 0 Å². The molecule has 0 saturated carbocycles. The number of hydrogen-bond donors (Lipinski definition) is 0. The molecule has 108 valence electrons. The molecule has 0 heterocycles. The Kier molecular flexibility index (Phi) is 5.58. The molecular formula is C17H16O3S. The van der Waals surface area contributed by atoms with Crippen LogP contribution in [-0.4, -0.2) is 17.2 Å². The zero-order chi connectivity index (χ0) is 15.1. The van der Waals surface area contributed by atoms with Crippen molar-refractivity contribution >= 4 is 22.8 Å². The molecule has 2 aromatic carbocycles. The van der Waals surface area contributed by atoms with Crippen molar-refractivity contribution in [2.24, 2.45) is 0 Å². The van der Waals surface area contributed by atoms with Crippen molar-refractivity contribution in [1.29, 1.82) is 0 Å². The first kappa shape index (κ1) is 15.3. The molecule has 0 spiro atoms. The monoisotopic (exact) mass is 300 g/mol. The highest BCUT2D eigenvalue weighted by Crippen LogP contribution is 2.22. The Morgan fingerprint density at radius 2 is 1.57 bits per heavy atom. The van der Waals surface area contributed by atoms with E-state index in [1.165, 1.54) is 6.92 Å². The highest BCUT2D eigenvalue weighted by Gasteiger charge is 2.23. The zero-order valence-electron chi connectivity index (χ0n) is 11.7. The SMILES string of the molecule is CC(=O)OC(Cc1ccccc1)C(=O)Sc1ccccc1. The highest BCUT2D eigenvalue weighted by atomic mass is 32.2. The summed E-state index contributed by atoms with van der Waals surface area (Å²) in [6.07, 6.45) is -0.380. The van der Waals surface area contributed by atoms with Gasteiger partial charge in [0.25, 0.3) is 0 Å². The number of carbonyl (C=O) groups is 2. The molecule has 0 bridgehead atoms. The Labute approximate surface area is 128 Å². The summed E-state index contributed by atoms with van der Waals surface area (Å²) in [5, 5.41) is -0.166. The van der Waals surface area contributed by atoms with E-state index in [0.717, 1.165) is 22.2 Å². The summed E-state index contributed by atoms with van der Waals surface area (Å²) in [5.41, 5.74) is 0.964. The van der Waals surface area contributed by atoms with Gasteiger partial charge in [0.2, 0.25) is 5.12 Å². The first-order valence-corrected chi connectivity index (χ1v) is 7.44. The van der Waals surface area contributed by atoms with Crippen molar-refractivity contribution < 1.29 is 14.3 Å². The van der Waals surface area contributed by atoms with Gasteiger partial charge in [-0.1, -0.05) is 48.5 Å². The second-order valence-electron chi connectivity index (χ2n) is 4.52. The van der Waals surface area contributed by atoms with Gasteiger partial charge < -0.3 is 4.74 Å². The van der Waals surface area contributed by atoms with Crippen LogP contribution in [0.1, 0.15) is 12.5 Å². The molecule has 0 aliphatic rings. The Hall–Kier alpha value is -2.07. The third-order valence-corrected chi connectivity index (χ3v) is 3.77. The molecule has 1 atom stereocenters. The topological polar surface area (TPSA) is 43.4 Å². The minimum Gasteiger partial charge on any atom is -0.453 e. The lowest BCUT2D eigenvalue weighted by Crippen LogP contribution is -2.26. The van der Waals surface area contributed by atoms with Crippen LogP contribution in [0.4, 0.5) is 0 Å². The van der Waals surface area contributed by atoms with E-state index in [1.54, 1.807) is 0 Å². The summed E-state index contributed by atoms with van der Waals surface area (Å²) in [6.45, 7) is 1.32. The average Bonchev–Trinajstić information content (AvgIpc) is 2.48. The maximum atomic E-state index is 12.3. The van der Waals surface area contributed by atoms with E-state index >= 15 is 0 Å². The number of hydrogen-bond acceptors (Lipinski definition) is 4. The fraction of sp³-hybridized carbons (Fsp3) is 0.176. The molecular weight excluding hydrogens is 284 g/mol. The van der Waals surface area contributed by atoms with E-state index in [9.17, 15) is 9.59 Å². The Bertz CT molecular complexity index is 596. The fourth-order valence-corrected chi connectivity index (χ4v) is 2.66. The average molecular weight is 300 g/mol. The summed E-state index contributed by atoms with van der Waals surface area (Å²) in [4.78, 5) is 24.4. The van der Waals surface area contributed by atoms with E-state index in [2.05, 4.69) is 0 Å². The van der Waals surface area contributed by atoms with Gasteiger partial charge in [0.15, 0.2) is 6.10 Å². The van der Waals surface area contributed by atoms with Crippen LogP contribution in [-0.2, 0) is 20.7 Å². The maximum Gasteiger partial charge on any atom is 0.303 e. The van der Waals surface area contributed by atoms with Crippen molar-refractivity contribution in [3.8, 4) is 0 Å². The minimum atomic E-state index is -0.768. The molecule has 1 unspecified atom stereocenters. The van der Waals surface area contributed by atoms with Gasteiger partial charge in [-0.15, -0.1) is 0 Å². The van der Waals surface area contributed by atoms with Crippen LogP contribution in [0.25, 0.3) is 0 Å². The predicted molar refractivity (Wildman–Crippen MR) is 83.0 cm³/mol. The molecule has 0 N–H and O–H groups in total. The molecule has 2 aromatic rings. The van der Waals surface area contributed by atoms with E-state index in [1.807, 2.05) is 60.7 Å². The van der Waals surface area contributed by atoms with Crippen molar-refractivity contribution in [2.75, 3.05) is 0 Å². The molecule has 0 aliphatic heterocycles. The quantitative estimate of drug-likeness (QED) is 0.626. The number of benzene rings is 2. The van der Waals surface area contributed by atoms with E-state index < -0.39 is 12.1 Å². The molecule has 4 heteroatoms. The smallest absolute Gasteiger partial charge is 0.303 e. The van der Waals surface area contributed by atoms with Gasteiger partial charge in [-0.05, 0) is 29.5 Å². The Morgan fingerprint density at radius 3 is 2.14 bits per heavy atom. The van der Waals surface area contributed by atoms with Crippen molar-refractivity contribution in [3.63, 3.8) is 0 Å². The van der Waals surface area contributed by atoms with Gasteiger partial charge in [-0.3, -0.25) is 9.59 Å². The van der Waals surface area contributed by atoms with Crippen LogP contribution in [0, 0.1) is 0 Å². The molecule has 0 amide bonds. The molecule has 0 fully saturated rings. The lowest BCUT2D eigenvalue weighted by atomic mass is 10.1. The molecule has 21 heavy (non-hydrogen) atoms. The van der Waals surface area contributed by atoms with Gasteiger partial charge in [-0.2, -0.15) is 0 Å². The summed E-state index contributed by atoms with van der Waals surface area (Å²) in [7, 11) is 0. The lowest BCUT2D eigenvalue weighted by Gasteiger charge is -2.15. The molecule has 3 nitrogen and oxygen atoms in total. The number of rotatable bonds is 5. The lowest BCUT2D eigenvalue weighted by molar-refractivity contribution is -0.150. The van der Waals surface area contributed by atoms with Crippen molar-refractivity contribution in [3.05, 3.63) is 66.2 Å². The zero-order valence-corrected chi connectivity index (χ0v) is 12.5. The first-order valence-electron chi connectivity index (χ1n) is 6.63.